The lowest BCUT2D eigenvalue weighted by Crippen LogP contribution is -2.30. The third kappa shape index (κ3) is 2.12. The topological polar surface area (TPSA) is 70.8 Å². The van der Waals surface area contributed by atoms with Gasteiger partial charge in [-0.15, -0.1) is 0 Å². The van der Waals surface area contributed by atoms with E-state index in [1.807, 2.05) is 6.92 Å². The minimum absolute atomic E-state index is 0.0141. The molecule has 0 aromatic carbocycles. The molecule has 1 aliphatic rings. The summed E-state index contributed by atoms with van der Waals surface area (Å²) in [5.74, 6) is -0.179. The Bertz CT molecular complexity index is 491. The van der Waals surface area contributed by atoms with Gasteiger partial charge >= 0.3 is 5.97 Å². The summed E-state index contributed by atoms with van der Waals surface area (Å²) in [4.78, 5) is 24.9. The molecule has 1 aliphatic heterocycles. The van der Waals surface area contributed by atoms with Gasteiger partial charge < -0.3 is 14.4 Å². The molecule has 0 radical (unpaired) electrons. The van der Waals surface area contributed by atoms with Crippen molar-refractivity contribution in [3.8, 4) is 0 Å². The first-order chi connectivity index (χ1) is 8.40. The molecule has 0 unspecified atom stereocenters. The molecule has 5 heteroatoms. The van der Waals surface area contributed by atoms with E-state index in [4.69, 9.17) is 9.52 Å². The summed E-state index contributed by atoms with van der Waals surface area (Å²) in [6.07, 6.45) is 0. The average molecular weight is 251 g/mol. The molecule has 1 amide bonds. The van der Waals surface area contributed by atoms with Crippen LogP contribution in [0.25, 0.3) is 0 Å². The van der Waals surface area contributed by atoms with Crippen molar-refractivity contribution in [2.24, 2.45) is 11.8 Å². The van der Waals surface area contributed by atoms with Crippen LogP contribution in [0.3, 0.4) is 0 Å². The summed E-state index contributed by atoms with van der Waals surface area (Å²) in [5, 5.41) is 9.06. The van der Waals surface area contributed by atoms with E-state index >= 15 is 0 Å². The lowest BCUT2D eigenvalue weighted by molar-refractivity contribution is -0.142. The van der Waals surface area contributed by atoms with Crippen molar-refractivity contribution >= 4 is 11.9 Å². The van der Waals surface area contributed by atoms with Crippen LogP contribution in [0.15, 0.2) is 10.5 Å². The molecule has 2 rings (SSSR count). The Balaban J connectivity index is 2.17. The summed E-state index contributed by atoms with van der Waals surface area (Å²) >= 11 is 0. The molecule has 2 heterocycles. The highest BCUT2D eigenvalue weighted by atomic mass is 16.4. The standard InChI is InChI=1S/C13H17NO4/c1-7-5-14(6-11(7)13(16)17)12(15)10-4-8(2)18-9(10)3/h4,7,11H,5-6H2,1-3H3,(H,16,17)/t7-,11-/m1/s1. The van der Waals surface area contributed by atoms with Gasteiger partial charge in [0, 0.05) is 13.1 Å². The zero-order valence-electron chi connectivity index (χ0n) is 10.8. The van der Waals surface area contributed by atoms with Crippen LogP contribution < -0.4 is 0 Å². The van der Waals surface area contributed by atoms with Crippen molar-refractivity contribution < 1.29 is 19.1 Å². The van der Waals surface area contributed by atoms with E-state index in [1.54, 1.807) is 24.8 Å². The molecule has 0 saturated carbocycles. The lowest BCUT2D eigenvalue weighted by atomic mass is 9.99. The number of aliphatic carboxylic acids is 1. The van der Waals surface area contributed by atoms with Crippen molar-refractivity contribution in [1.82, 2.24) is 4.90 Å². The number of carbonyl (C=O) groups is 2. The third-order valence-corrected chi connectivity index (χ3v) is 3.49. The monoisotopic (exact) mass is 251 g/mol. The minimum Gasteiger partial charge on any atom is -0.481 e. The molecular formula is C13H17NO4. The van der Waals surface area contributed by atoms with Crippen LogP contribution in [-0.4, -0.2) is 35.0 Å². The number of hydrogen-bond donors (Lipinski definition) is 1. The van der Waals surface area contributed by atoms with Crippen molar-refractivity contribution in [3.63, 3.8) is 0 Å². The number of hydrogen-bond acceptors (Lipinski definition) is 3. The number of nitrogens with zero attached hydrogens (tertiary/aromatic N) is 1. The second kappa shape index (κ2) is 4.48. The van der Waals surface area contributed by atoms with Crippen LogP contribution in [0.5, 0.6) is 0 Å². The molecule has 2 atom stereocenters. The Kier molecular flexibility index (Phi) is 3.15. The van der Waals surface area contributed by atoms with Crippen LogP contribution in [0, 0.1) is 25.7 Å². The smallest absolute Gasteiger partial charge is 0.308 e. The van der Waals surface area contributed by atoms with Gasteiger partial charge in [-0.1, -0.05) is 6.92 Å². The normalized spacial score (nSPS) is 23.4. The maximum absolute atomic E-state index is 12.3. The van der Waals surface area contributed by atoms with Crippen molar-refractivity contribution in [1.29, 1.82) is 0 Å². The number of amides is 1. The highest BCUT2D eigenvalue weighted by Crippen LogP contribution is 2.26. The van der Waals surface area contributed by atoms with Gasteiger partial charge in [-0.3, -0.25) is 9.59 Å². The fraction of sp³-hybridized carbons (Fsp3) is 0.538. The van der Waals surface area contributed by atoms with Gasteiger partial charge in [-0.25, -0.2) is 0 Å². The zero-order chi connectivity index (χ0) is 13.4. The summed E-state index contributed by atoms with van der Waals surface area (Å²) in [5.41, 5.74) is 0.533. The molecule has 1 N–H and O–H groups in total. The van der Waals surface area contributed by atoms with Gasteiger partial charge in [0.1, 0.15) is 11.5 Å². The molecule has 0 aliphatic carbocycles. The van der Waals surface area contributed by atoms with Crippen molar-refractivity contribution in [3.05, 3.63) is 23.2 Å². The molecule has 98 valence electrons. The van der Waals surface area contributed by atoms with E-state index in [2.05, 4.69) is 0 Å². The Morgan fingerprint density at radius 2 is 2.06 bits per heavy atom. The fourth-order valence-corrected chi connectivity index (χ4v) is 2.47. The van der Waals surface area contributed by atoms with Crippen molar-refractivity contribution in [2.45, 2.75) is 20.8 Å². The SMILES string of the molecule is Cc1cc(C(=O)N2C[C@@H](C)[C@H](C(=O)O)C2)c(C)o1. The zero-order valence-corrected chi connectivity index (χ0v) is 10.8. The predicted octanol–water partition coefficient (Wildman–Crippen LogP) is 1.69. The minimum atomic E-state index is -0.835. The summed E-state index contributed by atoms with van der Waals surface area (Å²) in [7, 11) is 0. The van der Waals surface area contributed by atoms with Gasteiger partial charge in [-0.2, -0.15) is 0 Å². The van der Waals surface area contributed by atoms with Gasteiger partial charge in [0.15, 0.2) is 0 Å². The van der Waals surface area contributed by atoms with E-state index in [0.29, 0.717) is 23.6 Å². The van der Waals surface area contributed by atoms with Crippen molar-refractivity contribution in [2.75, 3.05) is 13.1 Å². The molecule has 0 bridgehead atoms. The number of carboxylic acid groups (broad SMARTS) is 1. The molecule has 1 fully saturated rings. The maximum Gasteiger partial charge on any atom is 0.308 e. The van der Waals surface area contributed by atoms with Crippen LogP contribution in [-0.2, 0) is 4.79 Å². The highest BCUT2D eigenvalue weighted by Gasteiger charge is 2.37. The van der Waals surface area contributed by atoms with E-state index in [-0.39, 0.29) is 18.4 Å². The van der Waals surface area contributed by atoms with E-state index in [9.17, 15) is 9.59 Å². The number of furan rings is 1. The molecule has 0 spiro atoms. The first kappa shape index (κ1) is 12.7. The van der Waals surface area contributed by atoms with E-state index in [1.165, 1.54) is 0 Å². The molecule has 18 heavy (non-hydrogen) atoms. The lowest BCUT2D eigenvalue weighted by Gasteiger charge is -2.15. The largest absolute Gasteiger partial charge is 0.481 e. The van der Waals surface area contributed by atoms with E-state index in [0.717, 1.165) is 0 Å². The van der Waals surface area contributed by atoms with Gasteiger partial charge in [0.2, 0.25) is 0 Å². The van der Waals surface area contributed by atoms with Crippen LogP contribution in [0.4, 0.5) is 0 Å². The number of rotatable bonds is 2. The highest BCUT2D eigenvalue weighted by molar-refractivity contribution is 5.95. The first-order valence-corrected chi connectivity index (χ1v) is 5.99. The molecule has 5 nitrogen and oxygen atoms in total. The van der Waals surface area contributed by atoms with Gasteiger partial charge in [0.05, 0.1) is 11.5 Å². The van der Waals surface area contributed by atoms with Gasteiger partial charge in [-0.05, 0) is 25.8 Å². The molecule has 1 aromatic heterocycles. The second-order valence-corrected chi connectivity index (χ2v) is 4.96. The fourth-order valence-electron chi connectivity index (χ4n) is 2.47. The van der Waals surface area contributed by atoms with Crippen LogP contribution in [0.1, 0.15) is 28.8 Å². The summed E-state index contributed by atoms with van der Waals surface area (Å²) in [6, 6.07) is 1.70. The summed E-state index contributed by atoms with van der Waals surface area (Å²) < 4.78 is 5.33. The Morgan fingerprint density at radius 1 is 1.39 bits per heavy atom. The first-order valence-electron chi connectivity index (χ1n) is 5.99. The Hall–Kier alpha value is -1.78. The number of carbonyl (C=O) groups excluding carboxylic acids is 1. The quantitative estimate of drug-likeness (QED) is 0.868. The Morgan fingerprint density at radius 3 is 2.50 bits per heavy atom. The second-order valence-electron chi connectivity index (χ2n) is 4.96. The molecule has 1 saturated heterocycles. The van der Waals surface area contributed by atoms with Gasteiger partial charge in [0.25, 0.3) is 5.91 Å². The average Bonchev–Trinajstić information content (AvgIpc) is 2.81. The third-order valence-electron chi connectivity index (χ3n) is 3.49. The van der Waals surface area contributed by atoms with Crippen LogP contribution in [0.2, 0.25) is 0 Å². The van der Waals surface area contributed by atoms with Crippen LogP contribution >= 0.6 is 0 Å². The predicted molar refractivity (Wildman–Crippen MR) is 64.4 cm³/mol. The Labute approximate surface area is 105 Å². The number of likely N-dealkylation sites (tertiary alicyclic amines) is 1. The number of carboxylic acids is 1. The van der Waals surface area contributed by atoms with E-state index < -0.39 is 11.9 Å². The molecular weight excluding hydrogens is 234 g/mol. The number of aryl methyl sites for hydroxylation is 2. The maximum atomic E-state index is 12.3. The summed E-state index contributed by atoms with van der Waals surface area (Å²) in [6.45, 7) is 6.16. The molecule has 1 aromatic rings.